The summed E-state index contributed by atoms with van der Waals surface area (Å²) in [5.41, 5.74) is 5.56. The predicted octanol–water partition coefficient (Wildman–Crippen LogP) is 4.35. The number of nitrogens with zero attached hydrogens (tertiary/aromatic N) is 1. The van der Waals surface area contributed by atoms with Gasteiger partial charge in [-0.3, -0.25) is 9.10 Å². The van der Waals surface area contributed by atoms with Crippen LogP contribution in [0.1, 0.15) is 29.2 Å². The third kappa shape index (κ3) is 3.56. The molecule has 1 amide bonds. The van der Waals surface area contributed by atoms with Crippen LogP contribution >= 0.6 is 0 Å². The van der Waals surface area contributed by atoms with Crippen molar-refractivity contribution in [2.45, 2.75) is 39.7 Å². The van der Waals surface area contributed by atoms with Gasteiger partial charge in [-0.25, -0.2) is 8.42 Å². The molecule has 1 N–H and O–H groups in total. The highest BCUT2D eigenvalue weighted by atomic mass is 32.2. The van der Waals surface area contributed by atoms with Crippen molar-refractivity contribution in [1.29, 1.82) is 0 Å². The molecule has 0 heterocycles. The summed E-state index contributed by atoms with van der Waals surface area (Å²) in [6.45, 7) is 5.37. The minimum Gasteiger partial charge on any atom is -0.324 e. The fraction of sp³-hybridized carbons (Fsp3) is 0.292. The molecule has 0 spiro atoms. The van der Waals surface area contributed by atoms with Crippen LogP contribution in [0.4, 0.5) is 11.4 Å². The lowest BCUT2D eigenvalue weighted by molar-refractivity contribution is -0.116. The highest BCUT2D eigenvalue weighted by molar-refractivity contribution is 7.92. The van der Waals surface area contributed by atoms with Gasteiger partial charge in [0.05, 0.1) is 11.9 Å². The fourth-order valence-corrected chi connectivity index (χ4v) is 5.56. The second kappa shape index (κ2) is 7.43. The van der Waals surface area contributed by atoms with Gasteiger partial charge in [-0.2, -0.15) is 0 Å². The topological polar surface area (TPSA) is 66.5 Å². The first kappa shape index (κ1) is 20.4. The number of hydrogen-bond donors (Lipinski definition) is 1. The van der Waals surface area contributed by atoms with Crippen molar-refractivity contribution >= 4 is 38.1 Å². The third-order valence-electron chi connectivity index (χ3n) is 5.83. The van der Waals surface area contributed by atoms with E-state index in [1.165, 1.54) is 20.8 Å². The zero-order valence-corrected chi connectivity index (χ0v) is 18.5. The molecular formula is C24H26N2O3S. The molecule has 0 bridgehead atoms. The Morgan fingerprint density at radius 2 is 1.73 bits per heavy atom. The van der Waals surface area contributed by atoms with Gasteiger partial charge in [-0.15, -0.1) is 0 Å². The van der Waals surface area contributed by atoms with Crippen LogP contribution in [-0.2, 0) is 27.7 Å². The van der Waals surface area contributed by atoms with Crippen molar-refractivity contribution in [1.82, 2.24) is 0 Å². The standard InChI is InChI=1S/C24H26N2O3S/c1-15-8-9-16(2)22(14-15)26(30(4,28)29)17(3)24(27)25-21-13-12-19-11-10-18-6-5-7-20(21)23(18)19/h5-9,12-14,17H,10-11H2,1-4H3,(H,25,27). The minimum atomic E-state index is -3.67. The number of hydrogen-bond acceptors (Lipinski definition) is 3. The molecule has 3 aromatic carbocycles. The van der Waals surface area contributed by atoms with E-state index in [4.69, 9.17) is 0 Å². The summed E-state index contributed by atoms with van der Waals surface area (Å²) < 4.78 is 26.5. The van der Waals surface area contributed by atoms with Gasteiger partial charge < -0.3 is 5.32 Å². The lowest BCUT2D eigenvalue weighted by atomic mass is 10.0. The Kier molecular flexibility index (Phi) is 5.06. The molecular weight excluding hydrogens is 396 g/mol. The molecule has 0 fully saturated rings. The number of amides is 1. The first-order valence-electron chi connectivity index (χ1n) is 10.1. The average molecular weight is 423 g/mol. The van der Waals surface area contributed by atoms with E-state index in [2.05, 4.69) is 17.4 Å². The fourth-order valence-electron chi connectivity index (χ4n) is 4.33. The smallest absolute Gasteiger partial charge is 0.248 e. The molecule has 4 rings (SSSR count). The molecule has 0 radical (unpaired) electrons. The van der Waals surface area contributed by atoms with Gasteiger partial charge in [-0.05, 0) is 73.4 Å². The summed E-state index contributed by atoms with van der Waals surface area (Å²) in [5.74, 6) is -0.361. The van der Waals surface area contributed by atoms with Gasteiger partial charge in [0.25, 0.3) is 0 Å². The van der Waals surface area contributed by atoms with Crippen molar-refractivity contribution in [3.05, 3.63) is 70.8 Å². The van der Waals surface area contributed by atoms with E-state index in [0.717, 1.165) is 35.6 Å². The molecule has 0 aromatic heterocycles. The Balaban J connectivity index is 1.71. The van der Waals surface area contributed by atoms with Crippen LogP contribution in [-0.4, -0.2) is 26.6 Å². The van der Waals surface area contributed by atoms with Crippen molar-refractivity contribution in [2.75, 3.05) is 15.9 Å². The molecule has 1 atom stereocenters. The quantitative estimate of drug-likeness (QED) is 0.665. The van der Waals surface area contributed by atoms with Crippen LogP contribution in [0.15, 0.2) is 48.5 Å². The molecule has 0 saturated carbocycles. The summed E-state index contributed by atoms with van der Waals surface area (Å²) in [5, 5.41) is 5.18. The van der Waals surface area contributed by atoms with E-state index in [-0.39, 0.29) is 5.91 Å². The van der Waals surface area contributed by atoms with Crippen LogP contribution in [0.25, 0.3) is 10.8 Å². The van der Waals surface area contributed by atoms with Gasteiger partial charge in [0, 0.05) is 11.1 Å². The maximum atomic E-state index is 13.2. The monoisotopic (exact) mass is 422 g/mol. The minimum absolute atomic E-state index is 0.361. The summed E-state index contributed by atoms with van der Waals surface area (Å²) in [6, 6.07) is 14.8. The van der Waals surface area contributed by atoms with E-state index in [1.807, 2.05) is 44.2 Å². The van der Waals surface area contributed by atoms with Gasteiger partial charge in [0.2, 0.25) is 15.9 Å². The first-order valence-corrected chi connectivity index (χ1v) is 11.9. The summed E-state index contributed by atoms with van der Waals surface area (Å²) >= 11 is 0. The maximum Gasteiger partial charge on any atom is 0.248 e. The lowest BCUT2D eigenvalue weighted by Crippen LogP contribution is -2.45. The Morgan fingerprint density at radius 1 is 1.03 bits per heavy atom. The van der Waals surface area contributed by atoms with E-state index < -0.39 is 16.1 Å². The SMILES string of the molecule is Cc1ccc(C)c(N(C(C)C(=O)Nc2ccc3c4c(cccc24)CC3)S(C)(=O)=O)c1. The lowest BCUT2D eigenvalue weighted by Gasteiger charge is -2.30. The number of anilines is 2. The van der Waals surface area contributed by atoms with E-state index in [9.17, 15) is 13.2 Å². The Morgan fingerprint density at radius 3 is 2.43 bits per heavy atom. The molecule has 30 heavy (non-hydrogen) atoms. The molecule has 1 aliphatic carbocycles. The van der Waals surface area contributed by atoms with Crippen LogP contribution in [0.3, 0.4) is 0 Å². The molecule has 3 aromatic rings. The molecule has 1 unspecified atom stereocenters. The Bertz CT molecular complexity index is 1250. The van der Waals surface area contributed by atoms with Crippen LogP contribution in [0, 0.1) is 13.8 Å². The van der Waals surface area contributed by atoms with Crippen LogP contribution < -0.4 is 9.62 Å². The highest BCUT2D eigenvalue weighted by Crippen LogP contribution is 2.35. The van der Waals surface area contributed by atoms with Gasteiger partial charge in [0.1, 0.15) is 6.04 Å². The number of sulfonamides is 1. The van der Waals surface area contributed by atoms with Crippen molar-refractivity contribution in [3.8, 4) is 0 Å². The van der Waals surface area contributed by atoms with E-state index in [1.54, 1.807) is 13.0 Å². The zero-order chi connectivity index (χ0) is 21.6. The first-order chi connectivity index (χ1) is 14.2. The molecule has 6 heteroatoms. The molecule has 5 nitrogen and oxygen atoms in total. The number of carbonyl (C=O) groups is 1. The van der Waals surface area contributed by atoms with E-state index >= 15 is 0 Å². The normalized spacial score (nSPS) is 14.0. The highest BCUT2D eigenvalue weighted by Gasteiger charge is 2.30. The Labute approximate surface area is 177 Å². The van der Waals surface area contributed by atoms with Gasteiger partial charge in [-0.1, -0.05) is 36.4 Å². The molecule has 0 aliphatic heterocycles. The second-order valence-electron chi connectivity index (χ2n) is 8.13. The summed E-state index contributed by atoms with van der Waals surface area (Å²) in [7, 11) is -3.67. The van der Waals surface area contributed by atoms with Gasteiger partial charge >= 0.3 is 0 Å². The van der Waals surface area contributed by atoms with Crippen molar-refractivity contribution in [3.63, 3.8) is 0 Å². The summed E-state index contributed by atoms with van der Waals surface area (Å²) in [4.78, 5) is 13.2. The molecule has 1 aliphatic rings. The van der Waals surface area contributed by atoms with Crippen molar-refractivity contribution < 1.29 is 13.2 Å². The number of benzene rings is 3. The number of rotatable bonds is 5. The Hall–Kier alpha value is -2.86. The zero-order valence-electron chi connectivity index (χ0n) is 17.7. The van der Waals surface area contributed by atoms with Gasteiger partial charge in [0.15, 0.2) is 0 Å². The molecule has 156 valence electrons. The van der Waals surface area contributed by atoms with Crippen LogP contribution in [0.5, 0.6) is 0 Å². The predicted molar refractivity (Wildman–Crippen MR) is 123 cm³/mol. The molecule has 0 saturated heterocycles. The average Bonchev–Trinajstić information content (AvgIpc) is 3.10. The maximum absolute atomic E-state index is 13.2. The largest absolute Gasteiger partial charge is 0.324 e. The number of nitrogens with one attached hydrogen (secondary N) is 1. The van der Waals surface area contributed by atoms with Crippen LogP contribution in [0.2, 0.25) is 0 Å². The van der Waals surface area contributed by atoms with Crippen molar-refractivity contribution in [2.24, 2.45) is 0 Å². The number of aryl methyl sites for hydroxylation is 4. The van der Waals surface area contributed by atoms with E-state index in [0.29, 0.717) is 11.4 Å². The second-order valence-corrected chi connectivity index (χ2v) is 9.99. The summed E-state index contributed by atoms with van der Waals surface area (Å²) in [6.07, 6.45) is 3.15. The third-order valence-corrected chi connectivity index (χ3v) is 7.05. The number of carbonyl (C=O) groups excluding carboxylic acids is 1.